The number of unbranched alkanes of at least 4 members (excludes halogenated alkanes) is 1. The summed E-state index contributed by atoms with van der Waals surface area (Å²) in [6.07, 6.45) is 2.11. The van der Waals surface area contributed by atoms with Gasteiger partial charge in [0.15, 0.2) is 0 Å². The van der Waals surface area contributed by atoms with Crippen LogP contribution >= 0.6 is 23.2 Å². The highest BCUT2D eigenvalue weighted by Gasteiger charge is 2.02. The Hall–Kier alpha value is -0.440. The lowest BCUT2D eigenvalue weighted by Crippen LogP contribution is -2.21. The van der Waals surface area contributed by atoms with Crippen molar-refractivity contribution < 1.29 is 4.74 Å². The Morgan fingerprint density at radius 2 is 2.00 bits per heavy atom. The van der Waals surface area contributed by atoms with E-state index in [-0.39, 0.29) is 0 Å². The fourth-order valence-corrected chi connectivity index (χ4v) is 1.85. The number of ether oxygens (including phenoxy) is 1. The van der Waals surface area contributed by atoms with Crippen molar-refractivity contribution in [2.24, 2.45) is 5.92 Å². The van der Waals surface area contributed by atoms with Gasteiger partial charge in [0.05, 0.1) is 11.6 Å². The molecule has 0 amide bonds. The predicted octanol–water partition coefficient (Wildman–Crippen LogP) is 4.40. The summed E-state index contributed by atoms with van der Waals surface area (Å²) in [6.45, 7) is 7.18. The normalized spacial score (nSPS) is 10.9. The number of benzene rings is 1. The molecule has 0 unspecified atom stereocenters. The number of nitrogens with one attached hydrogen (secondary N) is 1. The maximum atomic E-state index is 6.00. The molecule has 18 heavy (non-hydrogen) atoms. The molecule has 0 aliphatic rings. The molecule has 0 heterocycles. The van der Waals surface area contributed by atoms with Gasteiger partial charge in [0, 0.05) is 11.1 Å². The van der Waals surface area contributed by atoms with E-state index in [9.17, 15) is 0 Å². The van der Waals surface area contributed by atoms with Gasteiger partial charge in [-0.3, -0.25) is 0 Å². The fourth-order valence-electron chi connectivity index (χ4n) is 1.51. The van der Waals surface area contributed by atoms with Crippen LogP contribution in [0.15, 0.2) is 18.2 Å². The smallest absolute Gasteiger partial charge is 0.139 e. The van der Waals surface area contributed by atoms with E-state index in [1.807, 2.05) is 0 Å². The van der Waals surface area contributed by atoms with Crippen LogP contribution in [0.4, 0.5) is 0 Å². The third kappa shape index (κ3) is 6.48. The fraction of sp³-hybridized carbons (Fsp3) is 0.571. The predicted molar refractivity (Wildman–Crippen MR) is 78.9 cm³/mol. The SMILES string of the molecule is CC(C)CNCCCCOc1cc(Cl)ccc1Cl. The van der Waals surface area contributed by atoms with Gasteiger partial charge in [0.2, 0.25) is 0 Å². The van der Waals surface area contributed by atoms with Crippen molar-refractivity contribution in [3.05, 3.63) is 28.2 Å². The molecule has 0 bridgehead atoms. The van der Waals surface area contributed by atoms with Crippen molar-refractivity contribution in [1.82, 2.24) is 5.32 Å². The molecule has 0 saturated heterocycles. The van der Waals surface area contributed by atoms with Crippen LogP contribution in [0.25, 0.3) is 0 Å². The molecule has 0 aromatic heterocycles. The summed E-state index contributed by atoms with van der Waals surface area (Å²) in [5, 5.41) is 4.66. The minimum absolute atomic E-state index is 0.609. The van der Waals surface area contributed by atoms with E-state index in [0.29, 0.717) is 28.3 Å². The quantitative estimate of drug-likeness (QED) is 0.717. The molecule has 0 spiro atoms. The Morgan fingerprint density at radius 3 is 2.72 bits per heavy atom. The maximum Gasteiger partial charge on any atom is 0.139 e. The molecule has 1 aromatic rings. The Labute approximate surface area is 120 Å². The van der Waals surface area contributed by atoms with Gasteiger partial charge in [0.25, 0.3) is 0 Å². The zero-order chi connectivity index (χ0) is 13.4. The zero-order valence-electron chi connectivity index (χ0n) is 11.0. The van der Waals surface area contributed by atoms with E-state index in [1.165, 1.54) is 0 Å². The Bertz CT molecular complexity index is 356. The lowest BCUT2D eigenvalue weighted by atomic mass is 10.2. The van der Waals surface area contributed by atoms with Gasteiger partial charge in [-0.25, -0.2) is 0 Å². The molecule has 0 saturated carbocycles. The number of hydrogen-bond acceptors (Lipinski definition) is 2. The van der Waals surface area contributed by atoms with Crippen LogP contribution in [0, 0.1) is 5.92 Å². The largest absolute Gasteiger partial charge is 0.492 e. The summed E-state index contributed by atoms with van der Waals surface area (Å²) in [5.74, 6) is 1.37. The summed E-state index contributed by atoms with van der Waals surface area (Å²) in [4.78, 5) is 0. The van der Waals surface area contributed by atoms with Crippen LogP contribution in [0.1, 0.15) is 26.7 Å². The summed E-state index contributed by atoms with van der Waals surface area (Å²) >= 11 is 11.9. The van der Waals surface area contributed by atoms with E-state index in [2.05, 4.69) is 19.2 Å². The number of hydrogen-bond donors (Lipinski definition) is 1. The highest BCUT2D eigenvalue weighted by Crippen LogP contribution is 2.27. The third-order valence-electron chi connectivity index (χ3n) is 2.45. The van der Waals surface area contributed by atoms with Crippen molar-refractivity contribution in [2.75, 3.05) is 19.7 Å². The average Bonchev–Trinajstić information content (AvgIpc) is 2.32. The van der Waals surface area contributed by atoms with Gasteiger partial charge in [-0.15, -0.1) is 0 Å². The summed E-state index contributed by atoms with van der Waals surface area (Å²) < 4.78 is 5.60. The van der Waals surface area contributed by atoms with Crippen LogP contribution in [0.3, 0.4) is 0 Å². The first-order valence-corrected chi connectivity index (χ1v) is 7.13. The van der Waals surface area contributed by atoms with Crippen LogP contribution in [-0.4, -0.2) is 19.7 Å². The van der Waals surface area contributed by atoms with Gasteiger partial charge in [-0.1, -0.05) is 37.0 Å². The molecule has 2 nitrogen and oxygen atoms in total. The molecule has 0 atom stereocenters. The van der Waals surface area contributed by atoms with E-state index < -0.39 is 0 Å². The second-order valence-electron chi connectivity index (χ2n) is 4.73. The first-order chi connectivity index (χ1) is 8.59. The highest BCUT2D eigenvalue weighted by molar-refractivity contribution is 6.34. The molecule has 0 aliphatic carbocycles. The molecule has 0 aliphatic heterocycles. The number of halogens is 2. The molecule has 1 rings (SSSR count). The highest BCUT2D eigenvalue weighted by atomic mass is 35.5. The second kappa shape index (κ2) is 8.63. The molecule has 102 valence electrons. The molecule has 0 radical (unpaired) electrons. The molecular formula is C14H21Cl2NO. The second-order valence-corrected chi connectivity index (χ2v) is 5.57. The van der Waals surface area contributed by atoms with Gasteiger partial charge in [-0.05, 0) is 44.0 Å². The standard InChI is InChI=1S/C14H21Cl2NO/c1-11(2)10-17-7-3-4-8-18-14-9-12(15)5-6-13(14)16/h5-6,9,11,17H,3-4,7-8,10H2,1-2H3. The average molecular weight is 290 g/mol. The van der Waals surface area contributed by atoms with Gasteiger partial charge >= 0.3 is 0 Å². The maximum absolute atomic E-state index is 6.00. The first kappa shape index (κ1) is 15.6. The van der Waals surface area contributed by atoms with Gasteiger partial charge in [-0.2, -0.15) is 0 Å². The van der Waals surface area contributed by atoms with E-state index in [1.54, 1.807) is 18.2 Å². The van der Waals surface area contributed by atoms with Crippen molar-refractivity contribution >= 4 is 23.2 Å². The molecule has 1 aromatic carbocycles. The van der Waals surface area contributed by atoms with Crippen molar-refractivity contribution in [3.63, 3.8) is 0 Å². The lowest BCUT2D eigenvalue weighted by Gasteiger charge is -2.09. The number of rotatable bonds is 8. The topological polar surface area (TPSA) is 21.3 Å². The van der Waals surface area contributed by atoms with Crippen molar-refractivity contribution in [3.8, 4) is 5.75 Å². The van der Waals surface area contributed by atoms with Gasteiger partial charge < -0.3 is 10.1 Å². The van der Waals surface area contributed by atoms with Crippen LogP contribution < -0.4 is 10.1 Å². The molecule has 0 fully saturated rings. The van der Waals surface area contributed by atoms with Crippen LogP contribution in [0.2, 0.25) is 10.0 Å². The first-order valence-electron chi connectivity index (χ1n) is 6.38. The Kier molecular flexibility index (Phi) is 7.48. The Balaban J connectivity index is 2.12. The van der Waals surface area contributed by atoms with E-state index in [4.69, 9.17) is 27.9 Å². The van der Waals surface area contributed by atoms with Crippen molar-refractivity contribution in [1.29, 1.82) is 0 Å². The molecule has 4 heteroatoms. The Morgan fingerprint density at radius 1 is 1.22 bits per heavy atom. The van der Waals surface area contributed by atoms with Crippen molar-refractivity contribution in [2.45, 2.75) is 26.7 Å². The minimum Gasteiger partial charge on any atom is -0.492 e. The van der Waals surface area contributed by atoms with Crippen LogP contribution in [-0.2, 0) is 0 Å². The monoisotopic (exact) mass is 289 g/mol. The van der Waals surface area contributed by atoms with E-state index >= 15 is 0 Å². The van der Waals surface area contributed by atoms with Gasteiger partial charge in [0.1, 0.15) is 5.75 Å². The summed E-state index contributed by atoms with van der Waals surface area (Å²) in [6, 6.07) is 5.26. The minimum atomic E-state index is 0.609. The lowest BCUT2D eigenvalue weighted by molar-refractivity contribution is 0.305. The van der Waals surface area contributed by atoms with Crippen LogP contribution in [0.5, 0.6) is 5.75 Å². The summed E-state index contributed by atoms with van der Waals surface area (Å²) in [5.41, 5.74) is 0. The summed E-state index contributed by atoms with van der Waals surface area (Å²) in [7, 11) is 0. The molecule has 1 N–H and O–H groups in total. The third-order valence-corrected chi connectivity index (χ3v) is 3.00. The van der Waals surface area contributed by atoms with E-state index in [0.717, 1.165) is 25.9 Å². The molecular weight excluding hydrogens is 269 g/mol. The zero-order valence-corrected chi connectivity index (χ0v) is 12.5.